The van der Waals surface area contributed by atoms with Crippen molar-refractivity contribution in [3.8, 4) is 0 Å². The van der Waals surface area contributed by atoms with Crippen LogP contribution in [0, 0.1) is 11.8 Å². The highest BCUT2D eigenvalue weighted by molar-refractivity contribution is 7.95. The summed E-state index contributed by atoms with van der Waals surface area (Å²) < 4.78 is 20.2. The Balaban J connectivity index is 0.000000246. The maximum absolute atomic E-state index is 12.3. The number of esters is 2. The molecule has 0 aromatic heterocycles. The number of ether oxygens (including phenoxy) is 4. The summed E-state index contributed by atoms with van der Waals surface area (Å²) in [7, 11) is 2.79. The SMILES string of the molecule is CC(C)(C)OC(=O)N1CCC(CC=O)CC1.COC(=O)/C=C/CC1CCN(C(=O)OC(C)(C)C)CC1.COC(=O)C=P(c1ccccc1)(c1ccccc1)c1ccccc1. The van der Waals surface area contributed by atoms with Crippen LogP contribution in [-0.2, 0) is 33.3 Å². The first-order chi connectivity index (χ1) is 28.5. The van der Waals surface area contributed by atoms with Crippen LogP contribution in [0.4, 0.5) is 9.59 Å². The van der Waals surface area contributed by atoms with Gasteiger partial charge in [0, 0.05) is 44.5 Å². The van der Waals surface area contributed by atoms with Crippen LogP contribution >= 0.6 is 6.89 Å². The number of carbonyl (C=O) groups is 5. The molecule has 0 radical (unpaired) electrons. The van der Waals surface area contributed by atoms with Crippen LogP contribution in [0.1, 0.15) is 80.1 Å². The number of rotatable bonds is 9. The molecule has 0 spiro atoms. The summed E-state index contributed by atoms with van der Waals surface area (Å²) in [6.45, 7) is 11.8. The third-order valence-electron chi connectivity index (χ3n) is 9.88. The van der Waals surface area contributed by atoms with Crippen molar-refractivity contribution in [2.75, 3.05) is 40.4 Å². The van der Waals surface area contributed by atoms with E-state index in [2.05, 4.69) is 41.1 Å². The Kier molecular flexibility index (Phi) is 19.8. The molecule has 2 amide bonds. The number of hydrogen-bond donors (Lipinski definition) is 0. The van der Waals surface area contributed by atoms with Gasteiger partial charge in [0.1, 0.15) is 17.5 Å². The molecule has 3 aromatic rings. The van der Waals surface area contributed by atoms with Crippen LogP contribution in [0.5, 0.6) is 0 Å². The Morgan fingerprint density at radius 1 is 0.583 bits per heavy atom. The molecule has 3 aromatic carbocycles. The van der Waals surface area contributed by atoms with Crippen molar-refractivity contribution in [1.82, 2.24) is 9.80 Å². The minimum Gasteiger partial charge on any atom is -0.466 e. The van der Waals surface area contributed by atoms with Gasteiger partial charge in [-0.05, 0) is 108 Å². The molecule has 2 heterocycles. The average molecular weight is 845 g/mol. The quantitative estimate of drug-likeness (QED) is 0.0694. The van der Waals surface area contributed by atoms with Crippen molar-refractivity contribution in [3.63, 3.8) is 0 Å². The van der Waals surface area contributed by atoms with Crippen molar-refractivity contribution in [1.29, 1.82) is 0 Å². The van der Waals surface area contributed by atoms with Crippen LogP contribution in [0.2, 0.25) is 0 Å². The Morgan fingerprint density at radius 3 is 1.25 bits per heavy atom. The van der Waals surface area contributed by atoms with Crippen LogP contribution in [0.15, 0.2) is 103 Å². The zero-order valence-corrected chi connectivity index (χ0v) is 37.6. The molecule has 5 rings (SSSR count). The number of allylic oxidation sites excluding steroid dienone is 1. The number of benzene rings is 3. The number of carbonyl (C=O) groups excluding carboxylic acids is 5. The summed E-state index contributed by atoms with van der Waals surface area (Å²) in [5.41, 5.74) is -0.881. The monoisotopic (exact) mass is 844 g/mol. The van der Waals surface area contributed by atoms with Gasteiger partial charge >= 0.3 is 24.1 Å². The second-order valence-electron chi connectivity index (χ2n) is 16.8. The molecule has 2 aliphatic rings. The van der Waals surface area contributed by atoms with E-state index in [1.165, 1.54) is 20.3 Å². The highest BCUT2D eigenvalue weighted by Gasteiger charge is 2.29. The number of aldehydes is 1. The standard InChI is InChI=1S/C21H19O2P.C15H25NO4.C12H21NO3/c1-23-21(22)17-24(18-11-5-2-6-12-18,19-13-7-3-8-14-19)20-15-9-4-10-16-20;1-15(2,3)20-14(18)16-10-8-12(9-11-16)6-5-7-13(17)19-4;1-12(2,3)16-11(15)13-7-4-10(5-8-13)6-9-14/h2-17H,1H3;5,7,12H,6,8-11H2,1-4H3;9-10H,4-8H2,1-3H3/b;7-5+;. The Labute approximate surface area is 357 Å². The third-order valence-corrected chi connectivity index (χ3v) is 13.8. The van der Waals surface area contributed by atoms with Crippen molar-refractivity contribution in [2.24, 2.45) is 11.8 Å². The van der Waals surface area contributed by atoms with E-state index in [0.717, 1.165) is 54.3 Å². The van der Waals surface area contributed by atoms with E-state index in [-0.39, 0.29) is 24.1 Å². The van der Waals surface area contributed by atoms with Gasteiger partial charge in [-0.15, -0.1) is 0 Å². The minimum absolute atomic E-state index is 0.235. The first kappa shape index (κ1) is 49.2. The van der Waals surface area contributed by atoms with Crippen molar-refractivity contribution >= 4 is 59.0 Å². The van der Waals surface area contributed by atoms with Crippen LogP contribution < -0.4 is 15.9 Å². The van der Waals surface area contributed by atoms with Gasteiger partial charge in [0.05, 0.1) is 14.2 Å². The predicted molar refractivity (Wildman–Crippen MR) is 241 cm³/mol. The summed E-state index contributed by atoms with van der Waals surface area (Å²) >= 11 is 0. The van der Waals surface area contributed by atoms with Gasteiger partial charge in [-0.1, -0.05) is 97.1 Å². The molecular formula is C48H65N2O9P. The molecule has 11 nitrogen and oxygen atoms in total. The maximum Gasteiger partial charge on any atom is 0.410 e. The van der Waals surface area contributed by atoms with E-state index in [0.29, 0.717) is 44.4 Å². The average Bonchev–Trinajstić information content (AvgIpc) is 3.23. The number of likely N-dealkylation sites (tertiary alicyclic amines) is 2. The van der Waals surface area contributed by atoms with Crippen molar-refractivity contribution < 1.29 is 42.9 Å². The minimum atomic E-state index is -2.23. The number of methoxy groups -OCH3 is 2. The van der Waals surface area contributed by atoms with Gasteiger partial charge in [-0.25, -0.2) is 19.2 Å². The number of piperidine rings is 2. The lowest BCUT2D eigenvalue weighted by Gasteiger charge is -2.33. The smallest absolute Gasteiger partial charge is 0.410 e. The molecule has 12 heteroatoms. The predicted octanol–water partition coefficient (Wildman–Crippen LogP) is 7.93. The van der Waals surface area contributed by atoms with Gasteiger partial charge in [0.25, 0.3) is 0 Å². The van der Waals surface area contributed by atoms with Crippen molar-refractivity contribution in [2.45, 2.75) is 91.3 Å². The summed E-state index contributed by atoms with van der Waals surface area (Å²) in [4.78, 5) is 60.7. The van der Waals surface area contributed by atoms with Gasteiger partial charge in [-0.3, -0.25) is 0 Å². The zero-order chi connectivity index (χ0) is 44.2. The Hall–Kier alpha value is -5.15. The summed E-state index contributed by atoms with van der Waals surface area (Å²) in [6.07, 6.45) is 8.93. The molecule has 0 aliphatic carbocycles. The highest BCUT2D eigenvalue weighted by Crippen LogP contribution is 2.43. The fraction of sp³-hybridized carbons (Fsp3) is 0.458. The van der Waals surface area contributed by atoms with E-state index in [1.54, 1.807) is 15.6 Å². The maximum atomic E-state index is 12.3. The second-order valence-corrected chi connectivity index (χ2v) is 20.0. The molecule has 0 atom stereocenters. The van der Waals surface area contributed by atoms with Gasteiger partial charge < -0.3 is 33.5 Å². The van der Waals surface area contributed by atoms with Gasteiger partial charge in [-0.2, -0.15) is 0 Å². The number of amides is 2. The summed E-state index contributed by atoms with van der Waals surface area (Å²) in [5, 5.41) is 3.40. The third kappa shape index (κ3) is 16.5. The van der Waals surface area contributed by atoms with E-state index in [9.17, 15) is 24.0 Å². The fourth-order valence-corrected chi connectivity index (χ4v) is 10.5. The first-order valence-corrected chi connectivity index (χ1v) is 22.5. The molecule has 0 N–H and O–H groups in total. The number of nitrogens with zero attached hydrogens (tertiary/aromatic N) is 2. The molecule has 2 fully saturated rings. The highest BCUT2D eigenvalue weighted by atomic mass is 31.2. The topological polar surface area (TPSA) is 129 Å². The van der Waals surface area contributed by atoms with E-state index < -0.39 is 18.1 Å². The van der Waals surface area contributed by atoms with Crippen LogP contribution in [0.25, 0.3) is 0 Å². The van der Waals surface area contributed by atoms with Gasteiger partial charge in [0.15, 0.2) is 0 Å². The second kappa shape index (κ2) is 24.2. The van der Waals surface area contributed by atoms with Gasteiger partial charge in [0.2, 0.25) is 0 Å². The van der Waals surface area contributed by atoms with E-state index in [4.69, 9.17) is 14.2 Å². The summed E-state index contributed by atoms with van der Waals surface area (Å²) in [6, 6.07) is 30.6. The Morgan fingerprint density at radius 2 is 0.933 bits per heavy atom. The fourth-order valence-electron chi connectivity index (χ4n) is 6.79. The van der Waals surface area contributed by atoms with Crippen molar-refractivity contribution in [3.05, 3.63) is 103 Å². The number of hydrogen-bond acceptors (Lipinski definition) is 9. The largest absolute Gasteiger partial charge is 0.466 e. The molecular weight excluding hydrogens is 780 g/mol. The molecule has 326 valence electrons. The van der Waals surface area contributed by atoms with E-state index in [1.807, 2.05) is 102 Å². The lowest BCUT2D eigenvalue weighted by Crippen LogP contribution is -2.41. The lowest BCUT2D eigenvalue weighted by molar-refractivity contribution is -0.135. The molecule has 0 unspecified atom stereocenters. The Bertz CT molecular complexity index is 1770. The molecule has 2 aliphatic heterocycles. The molecule has 2 saturated heterocycles. The normalized spacial score (nSPS) is 15.0. The summed E-state index contributed by atoms with van der Waals surface area (Å²) in [5.74, 6) is 2.09. The van der Waals surface area contributed by atoms with Crippen LogP contribution in [0.3, 0.4) is 0 Å². The molecule has 0 bridgehead atoms. The zero-order valence-electron chi connectivity index (χ0n) is 36.7. The molecule has 60 heavy (non-hydrogen) atoms. The lowest BCUT2D eigenvalue weighted by atomic mass is 9.93. The molecule has 0 saturated carbocycles. The van der Waals surface area contributed by atoms with Crippen LogP contribution in [-0.4, -0.2) is 97.6 Å². The van der Waals surface area contributed by atoms with E-state index >= 15 is 0 Å². The first-order valence-electron chi connectivity index (χ1n) is 20.6.